The van der Waals surface area contributed by atoms with E-state index in [1.54, 1.807) is 0 Å². The summed E-state index contributed by atoms with van der Waals surface area (Å²) < 4.78 is 31.8. The van der Waals surface area contributed by atoms with Crippen LogP contribution in [0, 0.1) is 0 Å². The molecule has 20 heavy (non-hydrogen) atoms. The first kappa shape index (κ1) is 15.5. The molecule has 1 rings (SSSR count). The Hall–Kier alpha value is -2.51. The maximum Gasteiger partial charge on any atom is 0.382 e. The number of carboxylic acids is 2. The topological polar surface area (TPSA) is 101 Å². The Bertz CT molecular complexity index is 567. The van der Waals surface area contributed by atoms with Gasteiger partial charge in [0, 0.05) is 5.56 Å². The van der Waals surface area contributed by atoms with E-state index >= 15 is 0 Å². The van der Waals surface area contributed by atoms with Crippen LogP contribution in [0.5, 0.6) is 0 Å². The SMILES string of the molecule is CCOC(=O)C(F)(F)c1ccc(C(=O)O)cc1C(=O)O. The molecule has 108 valence electrons. The molecule has 0 aliphatic rings. The van der Waals surface area contributed by atoms with Gasteiger partial charge in [-0.2, -0.15) is 8.78 Å². The van der Waals surface area contributed by atoms with Gasteiger partial charge in [-0.1, -0.05) is 6.07 Å². The third-order valence-electron chi connectivity index (χ3n) is 2.37. The normalized spacial score (nSPS) is 10.9. The number of carbonyl (C=O) groups excluding carboxylic acids is 1. The molecule has 0 saturated carbocycles. The molecular formula is C12H10F2O6. The molecular weight excluding hydrogens is 278 g/mol. The molecule has 1 aromatic carbocycles. The molecule has 0 amide bonds. The lowest BCUT2D eigenvalue weighted by Gasteiger charge is -2.17. The van der Waals surface area contributed by atoms with Crippen LogP contribution >= 0.6 is 0 Å². The lowest BCUT2D eigenvalue weighted by Crippen LogP contribution is -2.30. The Morgan fingerprint density at radius 3 is 2.25 bits per heavy atom. The zero-order chi connectivity index (χ0) is 15.5. The van der Waals surface area contributed by atoms with E-state index in [0.717, 1.165) is 6.07 Å². The second kappa shape index (κ2) is 5.64. The van der Waals surface area contributed by atoms with E-state index in [9.17, 15) is 23.2 Å². The Morgan fingerprint density at radius 1 is 1.20 bits per heavy atom. The van der Waals surface area contributed by atoms with Crippen LogP contribution in [-0.2, 0) is 15.5 Å². The average Bonchev–Trinajstić information content (AvgIpc) is 2.38. The second-order valence-electron chi connectivity index (χ2n) is 3.67. The molecule has 0 radical (unpaired) electrons. The first-order valence-electron chi connectivity index (χ1n) is 5.38. The summed E-state index contributed by atoms with van der Waals surface area (Å²) in [6.07, 6.45) is 0. The molecule has 0 unspecified atom stereocenters. The van der Waals surface area contributed by atoms with Gasteiger partial charge in [-0.15, -0.1) is 0 Å². The fraction of sp³-hybridized carbons (Fsp3) is 0.250. The van der Waals surface area contributed by atoms with E-state index in [0.29, 0.717) is 12.1 Å². The van der Waals surface area contributed by atoms with E-state index in [4.69, 9.17) is 10.2 Å². The van der Waals surface area contributed by atoms with Gasteiger partial charge in [-0.3, -0.25) is 0 Å². The van der Waals surface area contributed by atoms with Gasteiger partial charge in [-0.25, -0.2) is 14.4 Å². The summed E-state index contributed by atoms with van der Waals surface area (Å²) in [5.74, 6) is -9.32. The molecule has 0 saturated heterocycles. The fourth-order valence-electron chi connectivity index (χ4n) is 1.46. The van der Waals surface area contributed by atoms with Crippen LogP contribution in [-0.4, -0.2) is 34.7 Å². The summed E-state index contributed by atoms with van der Waals surface area (Å²) in [5, 5.41) is 17.6. The van der Waals surface area contributed by atoms with Crippen LogP contribution in [0.4, 0.5) is 8.78 Å². The number of carbonyl (C=O) groups is 3. The maximum atomic E-state index is 13.8. The predicted octanol–water partition coefficient (Wildman–Crippen LogP) is 1.74. The summed E-state index contributed by atoms with van der Waals surface area (Å²) in [4.78, 5) is 32.8. The van der Waals surface area contributed by atoms with Crippen molar-refractivity contribution >= 4 is 17.9 Å². The summed E-state index contributed by atoms with van der Waals surface area (Å²) in [5.41, 5.74) is -2.57. The molecule has 0 spiro atoms. The Balaban J connectivity index is 3.40. The predicted molar refractivity (Wildman–Crippen MR) is 60.9 cm³/mol. The van der Waals surface area contributed by atoms with Crippen molar-refractivity contribution < 1.29 is 38.1 Å². The first-order chi connectivity index (χ1) is 9.21. The number of hydrogen-bond donors (Lipinski definition) is 2. The number of halogens is 2. The smallest absolute Gasteiger partial charge is 0.382 e. The van der Waals surface area contributed by atoms with E-state index in [1.807, 2.05) is 0 Å². The number of aromatic carboxylic acids is 2. The Morgan fingerprint density at radius 2 is 1.80 bits per heavy atom. The van der Waals surface area contributed by atoms with Crippen molar-refractivity contribution in [3.05, 3.63) is 34.9 Å². The minimum Gasteiger partial charge on any atom is -0.478 e. The lowest BCUT2D eigenvalue weighted by molar-refractivity contribution is -0.173. The molecule has 1 aromatic rings. The molecule has 0 bridgehead atoms. The number of esters is 1. The van der Waals surface area contributed by atoms with Gasteiger partial charge in [0.15, 0.2) is 0 Å². The van der Waals surface area contributed by atoms with Crippen molar-refractivity contribution in [2.45, 2.75) is 12.8 Å². The van der Waals surface area contributed by atoms with Crippen molar-refractivity contribution in [3.63, 3.8) is 0 Å². The van der Waals surface area contributed by atoms with E-state index in [1.165, 1.54) is 6.92 Å². The van der Waals surface area contributed by atoms with Gasteiger partial charge in [0.05, 0.1) is 17.7 Å². The van der Waals surface area contributed by atoms with Crippen LogP contribution in [0.1, 0.15) is 33.2 Å². The third kappa shape index (κ3) is 2.90. The zero-order valence-corrected chi connectivity index (χ0v) is 10.2. The first-order valence-corrected chi connectivity index (χ1v) is 5.38. The number of alkyl halides is 2. The summed E-state index contributed by atoms with van der Waals surface area (Å²) >= 11 is 0. The van der Waals surface area contributed by atoms with Gasteiger partial charge in [0.1, 0.15) is 0 Å². The highest BCUT2D eigenvalue weighted by atomic mass is 19.3. The zero-order valence-electron chi connectivity index (χ0n) is 10.2. The van der Waals surface area contributed by atoms with Crippen molar-refractivity contribution in [3.8, 4) is 0 Å². The number of carboxylic acid groups (broad SMARTS) is 2. The highest BCUT2D eigenvalue weighted by molar-refractivity contribution is 5.96. The van der Waals surface area contributed by atoms with Gasteiger partial charge in [0.25, 0.3) is 0 Å². The van der Waals surface area contributed by atoms with Crippen molar-refractivity contribution in [2.24, 2.45) is 0 Å². The molecule has 0 atom stereocenters. The number of benzene rings is 1. The van der Waals surface area contributed by atoms with Crippen LogP contribution in [0.25, 0.3) is 0 Å². The van der Waals surface area contributed by atoms with Crippen LogP contribution < -0.4 is 0 Å². The van der Waals surface area contributed by atoms with Gasteiger partial charge in [-0.05, 0) is 19.1 Å². The summed E-state index contributed by atoms with van der Waals surface area (Å²) in [6.45, 7) is 1.02. The maximum absolute atomic E-state index is 13.8. The van der Waals surface area contributed by atoms with Crippen molar-refractivity contribution in [1.82, 2.24) is 0 Å². The third-order valence-corrected chi connectivity index (χ3v) is 2.37. The summed E-state index contributed by atoms with van der Waals surface area (Å²) in [7, 11) is 0. The molecule has 0 heterocycles. The van der Waals surface area contributed by atoms with E-state index in [2.05, 4.69) is 4.74 Å². The van der Waals surface area contributed by atoms with E-state index in [-0.39, 0.29) is 6.61 Å². The fourth-order valence-corrected chi connectivity index (χ4v) is 1.46. The van der Waals surface area contributed by atoms with Crippen molar-refractivity contribution in [1.29, 1.82) is 0 Å². The number of hydrogen-bond acceptors (Lipinski definition) is 4. The standard InChI is InChI=1S/C12H10F2O6/c1-2-20-11(19)12(13,14)8-4-3-6(9(15)16)5-7(8)10(17)18/h3-5H,2H2,1H3,(H,15,16)(H,17,18). The number of rotatable bonds is 5. The van der Waals surface area contributed by atoms with Gasteiger partial charge in [0.2, 0.25) is 0 Å². The second-order valence-corrected chi connectivity index (χ2v) is 3.67. The van der Waals surface area contributed by atoms with Crippen LogP contribution in [0.3, 0.4) is 0 Å². The highest BCUT2D eigenvalue weighted by Gasteiger charge is 2.45. The molecule has 0 fully saturated rings. The molecule has 8 heteroatoms. The molecule has 0 aliphatic carbocycles. The summed E-state index contributed by atoms with van der Waals surface area (Å²) in [6, 6.07) is 1.94. The molecule has 6 nitrogen and oxygen atoms in total. The Kier molecular flexibility index (Phi) is 4.38. The highest BCUT2D eigenvalue weighted by Crippen LogP contribution is 2.32. The number of ether oxygens (including phenoxy) is 1. The van der Waals surface area contributed by atoms with Gasteiger partial charge < -0.3 is 14.9 Å². The molecule has 2 N–H and O–H groups in total. The minimum absolute atomic E-state index is 0.302. The molecule has 0 aliphatic heterocycles. The van der Waals surface area contributed by atoms with Crippen LogP contribution in [0.2, 0.25) is 0 Å². The van der Waals surface area contributed by atoms with E-state index < -0.39 is 40.5 Å². The van der Waals surface area contributed by atoms with Crippen LogP contribution in [0.15, 0.2) is 18.2 Å². The monoisotopic (exact) mass is 288 g/mol. The van der Waals surface area contributed by atoms with Crippen molar-refractivity contribution in [2.75, 3.05) is 6.61 Å². The molecule has 0 aromatic heterocycles. The Labute approximate surface area is 111 Å². The largest absolute Gasteiger partial charge is 0.478 e. The lowest BCUT2D eigenvalue weighted by atomic mass is 9.98. The average molecular weight is 288 g/mol. The quantitative estimate of drug-likeness (QED) is 0.800. The van der Waals surface area contributed by atoms with Gasteiger partial charge >= 0.3 is 23.8 Å². The minimum atomic E-state index is -4.18.